The molecule has 0 amide bonds. The number of carbonyl (C=O) groups excluding carboxylic acids is 3. The van der Waals surface area contributed by atoms with E-state index in [0.717, 1.165) is 50.7 Å². The zero-order chi connectivity index (χ0) is 19.8. The SMILES string of the molecule is C=CC(=O)OC1CCC(C2CC(OC(=O)C=C)CC(OC(=O)C=C)C2)CC1. The fraction of sp³-hybridized carbons (Fsp3) is 0.571. The largest absolute Gasteiger partial charge is 0.459 e. The molecular formula is C21H28O6. The number of hydrogen-bond acceptors (Lipinski definition) is 6. The lowest BCUT2D eigenvalue weighted by Gasteiger charge is -2.40. The quantitative estimate of drug-likeness (QED) is 0.385. The highest BCUT2D eigenvalue weighted by molar-refractivity contribution is 5.82. The second-order valence-corrected chi connectivity index (χ2v) is 7.17. The van der Waals surface area contributed by atoms with E-state index in [0.29, 0.717) is 12.3 Å². The summed E-state index contributed by atoms with van der Waals surface area (Å²) in [4.78, 5) is 34.6. The van der Waals surface area contributed by atoms with E-state index in [9.17, 15) is 14.4 Å². The predicted octanol–water partition coefficient (Wildman–Crippen LogP) is 3.27. The molecule has 2 saturated carbocycles. The van der Waals surface area contributed by atoms with Crippen LogP contribution in [0.3, 0.4) is 0 Å². The molecule has 2 fully saturated rings. The molecule has 0 aromatic heterocycles. The molecule has 2 aliphatic rings. The summed E-state index contributed by atoms with van der Waals surface area (Å²) in [6.45, 7) is 10.3. The van der Waals surface area contributed by atoms with Gasteiger partial charge in [-0.1, -0.05) is 19.7 Å². The molecule has 2 unspecified atom stereocenters. The minimum absolute atomic E-state index is 0.0703. The summed E-state index contributed by atoms with van der Waals surface area (Å²) in [5, 5.41) is 0. The summed E-state index contributed by atoms with van der Waals surface area (Å²) >= 11 is 0. The van der Waals surface area contributed by atoms with Crippen molar-refractivity contribution in [3.63, 3.8) is 0 Å². The van der Waals surface area contributed by atoms with Crippen molar-refractivity contribution in [3.05, 3.63) is 38.0 Å². The van der Waals surface area contributed by atoms with Gasteiger partial charge in [0.2, 0.25) is 0 Å². The van der Waals surface area contributed by atoms with Crippen LogP contribution in [0.1, 0.15) is 44.9 Å². The average Bonchev–Trinajstić information content (AvgIpc) is 2.67. The van der Waals surface area contributed by atoms with Crippen molar-refractivity contribution in [2.75, 3.05) is 0 Å². The van der Waals surface area contributed by atoms with Gasteiger partial charge in [0.15, 0.2) is 0 Å². The molecule has 6 heteroatoms. The van der Waals surface area contributed by atoms with Crippen molar-refractivity contribution in [2.24, 2.45) is 11.8 Å². The van der Waals surface area contributed by atoms with Crippen molar-refractivity contribution in [1.82, 2.24) is 0 Å². The van der Waals surface area contributed by atoms with Crippen LogP contribution in [0.2, 0.25) is 0 Å². The van der Waals surface area contributed by atoms with E-state index >= 15 is 0 Å². The van der Waals surface area contributed by atoms with Gasteiger partial charge >= 0.3 is 17.9 Å². The highest BCUT2D eigenvalue weighted by Crippen LogP contribution is 2.40. The maximum atomic E-state index is 11.6. The van der Waals surface area contributed by atoms with E-state index in [2.05, 4.69) is 19.7 Å². The Hall–Kier alpha value is -2.37. The topological polar surface area (TPSA) is 78.9 Å². The first-order valence-corrected chi connectivity index (χ1v) is 9.44. The Labute approximate surface area is 160 Å². The smallest absolute Gasteiger partial charge is 0.330 e. The third-order valence-electron chi connectivity index (χ3n) is 5.39. The van der Waals surface area contributed by atoms with Crippen molar-refractivity contribution >= 4 is 17.9 Å². The van der Waals surface area contributed by atoms with E-state index in [1.54, 1.807) is 0 Å². The molecule has 2 aliphatic carbocycles. The highest BCUT2D eigenvalue weighted by atomic mass is 16.6. The number of rotatable bonds is 7. The summed E-state index contributed by atoms with van der Waals surface area (Å²) in [7, 11) is 0. The number of carbonyl (C=O) groups is 3. The van der Waals surface area contributed by atoms with Crippen LogP contribution in [0.4, 0.5) is 0 Å². The Bertz CT molecular complexity index is 557. The fourth-order valence-corrected chi connectivity index (χ4v) is 4.15. The van der Waals surface area contributed by atoms with Gasteiger partial charge in [0.05, 0.1) is 0 Å². The first-order chi connectivity index (χ1) is 12.9. The van der Waals surface area contributed by atoms with Crippen LogP contribution in [0.25, 0.3) is 0 Å². The summed E-state index contributed by atoms with van der Waals surface area (Å²) < 4.78 is 16.2. The summed E-state index contributed by atoms with van der Waals surface area (Å²) in [5.74, 6) is -0.619. The summed E-state index contributed by atoms with van der Waals surface area (Å²) in [6.07, 6.45) is 8.22. The van der Waals surface area contributed by atoms with Crippen LogP contribution in [0, 0.1) is 11.8 Å². The Morgan fingerprint density at radius 3 is 1.41 bits per heavy atom. The number of ether oxygens (including phenoxy) is 3. The van der Waals surface area contributed by atoms with Gasteiger partial charge in [-0.15, -0.1) is 0 Å². The molecule has 0 aliphatic heterocycles. The number of hydrogen-bond donors (Lipinski definition) is 0. The molecule has 0 radical (unpaired) electrons. The van der Waals surface area contributed by atoms with Crippen LogP contribution >= 0.6 is 0 Å². The van der Waals surface area contributed by atoms with Gasteiger partial charge in [0, 0.05) is 24.6 Å². The van der Waals surface area contributed by atoms with E-state index in [1.165, 1.54) is 6.08 Å². The minimum Gasteiger partial charge on any atom is -0.459 e. The molecule has 148 valence electrons. The van der Waals surface area contributed by atoms with Crippen molar-refractivity contribution in [1.29, 1.82) is 0 Å². The zero-order valence-corrected chi connectivity index (χ0v) is 15.6. The Morgan fingerprint density at radius 1 is 0.593 bits per heavy atom. The zero-order valence-electron chi connectivity index (χ0n) is 15.6. The second-order valence-electron chi connectivity index (χ2n) is 7.17. The molecule has 0 aromatic carbocycles. The van der Waals surface area contributed by atoms with Crippen LogP contribution < -0.4 is 0 Å². The van der Waals surface area contributed by atoms with E-state index < -0.39 is 11.9 Å². The van der Waals surface area contributed by atoms with Crippen LogP contribution in [-0.2, 0) is 28.6 Å². The monoisotopic (exact) mass is 376 g/mol. The lowest BCUT2D eigenvalue weighted by molar-refractivity contribution is -0.155. The van der Waals surface area contributed by atoms with Gasteiger partial charge < -0.3 is 14.2 Å². The normalized spacial score (nSPS) is 30.4. The Morgan fingerprint density at radius 2 is 1.00 bits per heavy atom. The van der Waals surface area contributed by atoms with E-state index in [-0.39, 0.29) is 30.2 Å². The fourth-order valence-electron chi connectivity index (χ4n) is 4.15. The van der Waals surface area contributed by atoms with Crippen molar-refractivity contribution in [2.45, 2.75) is 63.3 Å². The molecule has 0 saturated heterocycles. The molecule has 2 rings (SSSR count). The van der Waals surface area contributed by atoms with Crippen molar-refractivity contribution < 1.29 is 28.6 Å². The molecular weight excluding hydrogens is 348 g/mol. The maximum Gasteiger partial charge on any atom is 0.330 e. The first kappa shape index (κ1) is 20.9. The predicted molar refractivity (Wildman–Crippen MR) is 99.5 cm³/mol. The molecule has 0 bridgehead atoms. The lowest BCUT2D eigenvalue weighted by atomic mass is 9.71. The van der Waals surface area contributed by atoms with Gasteiger partial charge in [0.1, 0.15) is 18.3 Å². The molecule has 6 nitrogen and oxygen atoms in total. The average molecular weight is 376 g/mol. The van der Waals surface area contributed by atoms with E-state index in [4.69, 9.17) is 14.2 Å². The lowest BCUT2D eigenvalue weighted by Crippen LogP contribution is -2.39. The third kappa shape index (κ3) is 6.38. The van der Waals surface area contributed by atoms with Crippen LogP contribution in [-0.4, -0.2) is 36.2 Å². The maximum absolute atomic E-state index is 11.6. The van der Waals surface area contributed by atoms with Crippen molar-refractivity contribution in [3.8, 4) is 0 Å². The third-order valence-corrected chi connectivity index (χ3v) is 5.39. The summed E-state index contributed by atoms with van der Waals surface area (Å²) in [6, 6.07) is 0. The van der Waals surface area contributed by atoms with Gasteiger partial charge in [-0.25, -0.2) is 14.4 Å². The van der Waals surface area contributed by atoms with Gasteiger partial charge in [-0.2, -0.15) is 0 Å². The standard InChI is InChI=1S/C21H28O6/c1-4-19(22)25-16-9-7-14(8-10-16)15-11-17(26-20(23)5-2)13-18(12-15)27-21(24)6-3/h4-6,14-18H,1-3,7-13H2. The number of esters is 3. The minimum atomic E-state index is -0.463. The molecule has 2 atom stereocenters. The molecule has 0 N–H and O–H groups in total. The van der Waals surface area contributed by atoms with Crippen LogP contribution in [0.15, 0.2) is 38.0 Å². The first-order valence-electron chi connectivity index (χ1n) is 9.44. The molecule has 0 aromatic rings. The second kappa shape index (κ2) is 10.1. The molecule has 0 spiro atoms. The Kier molecular flexibility index (Phi) is 7.82. The van der Waals surface area contributed by atoms with E-state index in [1.807, 2.05) is 0 Å². The molecule has 27 heavy (non-hydrogen) atoms. The van der Waals surface area contributed by atoms with Gasteiger partial charge in [-0.3, -0.25) is 0 Å². The highest BCUT2D eigenvalue weighted by Gasteiger charge is 2.38. The van der Waals surface area contributed by atoms with Gasteiger partial charge in [-0.05, 0) is 50.4 Å². The molecule has 0 heterocycles. The Balaban J connectivity index is 1.96. The summed E-state index contributed by atoms with van der Waals surface area (Å²) in [5.41, 5.74) is 0. The van der Waals surface area contributed by atoms with Gasteiger partial charge in [0.25, 0.3) is 0 Å². The van der Waals surface area contributed by atoms with Crippen LogP contribution in [0.5, 0.6) is 0 Å².